The maximum Gasteiger partial charge on any atom is 0.309 e. The lowest BCUT2D eigenvalue weighted by atomic mass is 9.83. The topological polar surface area (TPSA) is 49.3 Å². The number of hydrogen-bond acceptors (Lipinski definition) is 2. The number of nitrogens with one attached hydrogen (secondary N) is 1. The van der Waals surface area contributed by atoms with Gasteiger partial charge in [0.15, 0.2) is 0 Å². The average molecular weight is 157 g/mol. The average Bonchev–Trinajstić information content (AvgIpc) is 2.15. The van der Waals surface area contributed by atoms with Crippen molar-refractivity contribution in [3.8, 4) is 0 Å². The van der Waals surface area contributed by atoms with E-state index >= 15 is 0 Å². The molecule has 64 valence electrons. The highest BCUT2D eigenvalue weighted by Crippen LogP contribution is 2.28. The highest BCUT2D eigenvalue weighted by Gasteiger charge is 2.32. The lowest BCUT2D eigenvalue weighted by molar-refractivity contribution is -0.148. The van der Waals surface area contributed by atoms with Crippen molar-refractivity contribution < 1.29 is 9.90 Å². The zero-order valence-corrected chi connectivity index (χ0v) is 6.89. The van der Waals surface area contributed by atoms with Gasteiger partial charge in [0.05, 0.1) is 5.41 Å². The molecule has 1 unspecified atom stereocenters. The molecule has 0 aromatic rings. The molecule has 1 saturated heterocycles. The molecule has 1 rings (SSSR count). The van der Waals surface area contributed by atoms with Gasteiger partial charge in [-0.2, -0.15) is 0 Å². The molecular formula is C8H15NO2. The molecule has 3 nitrogen and oxygen atoms in total. The van der Waals surface area contributed by atoms with Gasteiger partial charge in [-0.3, -0.25) is 4.79 Å². The van der Waals surface area contributed by atoms with Gasteiger partial charge in [0.25, 0.3) is 0 Å². The van der Waals surface area contributed by atoms with E-state index in [0.29, 0.717) is 0 Å². The second-order valence-electron chi connectivity index (χ2n) is 3.47. The van der Waals surface area contributed by atoms with Crippen LogP contribution in [0.1, 0.15) is 26.2 Å². The van der Waals surface area contributed by atoms with E-state index in [9.17, 15) is 4.79 Å². The lowest BCUT2D eigenvalue weighted by Crippen LogP contribution is -2.28. The molecule has 0 spiro atoms. The summed E-state index contributed by atoms with van der Waals surface area (Å²) in [6, 6.07) is 0. The smallest absolute Gasteiger partial charge is 0.309 e. The Morgan fingerprint density at radius 2 is 2.18 bits per heavy atom. The molecule has 0 aliphatic carbocycles. The first-order chi connectivity index (χ1) is 5.15. The van der Waals surface area contributed by atoms with Crippen molar-refractivity contribution in [1.82, 2.24) is 5.32 Å². The van der Waals surface area contributed by atoms with E-state index in [1.165, 1.54) is 0 Å². The molecular weight excluding hydrogens is 142 g/mol. The number of rotatable bonds is 1. The summed E-state index contributed by atoms with van der Waals surface area (Å²) in [5, 5.41) is 12.1. The Bertz CT molecular complexity index is 148. The molecule has 0 saturated carbocycles. The summed E-state index contributed by atoms with van der Waals surface area (Å²) < 4.78 is 0. The summed E-state index contributed by atoms with van der Waals surface area (Å²) in [5.41, 5.74) is -0.483. The van der Waals surface area contributed by atoms with Crippen LogP contribution in [0.15, 0.2) is 0 Å². The second kappa shape index (κ2) is 3.22. The third-order valence-electron chi connectivity index (χ3n) is 2.45. The quantitative estimate of drug-likeness (QED) is 0.593. The lowest BCUT2D eigenvalue weighted by Gasteiger charge is -2.21. The minimum Gasteiger partial charge on any atom is -0.481 e. The van der Waals surface area contributed by atoms with Crippen molar-refractivity contribution in [1.29, 1.82) is 0 Å². The monoisotopic (exact) mass is 157 g/mol. The molecule has 11 heavy (non-hydrogen) atoms. The molecule has 1 aliphatic rings. The van der Waals surface area contributed by atoms with Crippen LogP contribution in [0.2, 0.25) is 0 Å². The molecule has 0 amide bonds. The molecule has 2 N–H and O–H groups in total. The highest BCUT2D eigenvalue weighted by atomic mass is 16.4. The van der Waals surface area contributed by atoms with Crippen molar-refractivity contribution in [3.05, 3.63) is 0 Å². The fraction of sp³-hybridized carbons (Fsp3) is 0.875. The molecule has 1 aliphatic heterocycles. The van der Waals surface area contributed by atoms with Gasteiger partial charge in [0, 0.05) is 0 Å². The summed E-state index contributed by atoms with van der Waals surface area (Å²) >= 11 is 0. The van der Waals surface area contributed by atoms with Crippen LogP contribution in [0.3, 0.4) is 0 Å². The largest absolute Gasteiger partial charge is 0.481 e. The van der Waals surface area contributed by atoms with Crippen LogP contribution in [0, 0.1) is 5.41 Å². The third-order valence-corrected chi connectivity index (χ3v) is 2.45. The van der Waals surface area contributed by atoms with Gasteiger partial charge in [-0.05, 0) is 39.3 Å². The maximum atomic E-state index is 10.8. The number of carbonyl (C=O) groups is 1. The molecule has 0 aromatic heterocycles. The highest BCUT2D eigenvalue weighted by molar-refractivity contribution is 5.74. The van der Waals surface area contributed by atoms with Crippen LogP contribution in [0.5, 0.6) is 0 Å². The summed E-state index contributed by atoms with van der Waals surface area (Å²) in [4.78, 5) is 10.8. The third kappa shape index (κ3) is 1.93. The van der Waals surface area contributed by atoms with Gasteiger partial charge >= 0.3 is 5.97 Å². The van der Waals surface area contributed by atoms with E-state index in [1.807, 2.05) is 6.92 Å². The fourth-order valence-electron chi connectivity index (χ4n) is 1.43. The minimum absolute atomic E-state index is 0.483. The van der Waals surface area contributed by atoms with E-state index in [0.717, 1.165) is 32.4 Å². The van der Waals surface area contributed by atoms with Gasteiger partial charge in [-0.15, -0.1) is 0 Å². The van der Waals surface area contributed by atoms with Crippen molar-refractivity contribution >= 4 is 5.97 Å². The van der Waals surface area contributed by atoms with Crippen LogP contribution in [0.25, 0.3) is 0 Å². The van der Waals surface area contributed by atoms with Crippen LogP contribution >= 0.6 is 0 Å². The second-order valence-corrected chi connectivity index (χ2v) is 3.47. The molecule has 0 radical (unpaired) electrons. The van der Waals surface area contributed by atoms with Gasteiger partial charge in [0.2, 0.25) is 0 Å². The number of carboxylic acid groups (broad SMARTS) is 1. The Morgan fingerprint density at radius 1 is 1.45 bits per heavy atom. The Kier molecular flexibility index (Phi) is 2.49. The molecule has 0 bridgehead atoms. The van der Waals surface area contributed by atoms with Crippen molar-refractivity contribution in [2.75, 3.05) is 13.1 Å². The molecule has 3 heteroatoms. The molecule has 0 aromatic carbocycles. The normalized spacial score (nSPS) is 32.8. The summed E-state index contributed by atoms with van der Waals surface area (Å²) in [6.45, 7) is 3.63. The first kappa shape index (κ1) is 8.53. The Morgan fingerprint density at radius 3 is 2.82 bits per heavy atom. The van der Waals surface area contributed by atoms with Gasteiger partial charge < -0.3 is 10.4 Å². The Hall–Kier alpha value is -0.570. The van der Waals surface area contributed by atoms with Crippen molar-refractivity contribution in [2.45, 2.75) is 26.2 Å². The standard InChI is InChI=1S/C8H15NO2/c1-8(7(10)11)3-2-5-9-6-4-8/h9H,2-6H2,1H3,(H,10,11). The first-order valence-corrected chi connectivity index (χ1v) is 4.09. The Labute approximate surface area is 66.8 Å². The predicted octanol–water partition coefficient (Wildman–Crippen LogP) is 0.851. The SMILES string of the molecule is CC1(C(=O)O)CCCNCC1. The Balaban J connectivity index is 2.59. The van der Waals surface area contributed by atoms with E-state index < -0.39 is 11.4 Å². The predicted molar refractivity (Wildman–Crippen MR) is 42.5 cm³/mol. The van der Waals surface area contributed by atoms with Gasteiger partial charge in [0.1, 0.15) is 0 Å². The van der Waals surface area contributed by atoms with Crippen molar-refractivity contribution in [2.24, 2.45) is 5.41 Å². The molecule has 1 fully saturated rings. The van der Waals surface area contributed by atoms with Gasteiger partial charge in [-0.25, -0.2) is 0 Å². The summed E-state index contributed by atoms with van der Waals surface area (Å²) in [5.74, 6) is -0.652. The number of hydrogen-bond donors (Lipinski definition) is 2. The minimum atomic E-state index is -0.652. The van der Waals surface area contributed by atoms with Crippen LogP contribution < -0.4 is 5.32 Å². The number of carboxylic acids is 1. The van der Waals surface area contributed by atoms with Crippen LogP contribution in [-0.2, 0) is 4.79 Å². The zero-order valence-electron chi connectivity index (χ0n) is 6.89. The van der Waals surface area contributed by atoms with E-state index in [-0.39, 0.29) is 0 Å². The first-order valence-electron chi connectivity index (χ1n) is 4.09. The van der Waals surface area contributed by atoms with Crippen LogP contribution in [-0.4, -0.2) is 24.2 Å². The van der Waals surface area contributed by atoms with E-state index in [4.69, 9.17) is 5.11 Å². The molecule has 1 atom stereocenters. The summed E-state index contributed by atoms with van der Waals surface area (Å²) in [7, 11) is 0. The summed E-state index contributed by atoms with van der Waals surface area (Å²) in [6.07, 6.45) is 2.53. The van der Waals surface area contributed by atoms with E-state index in [2.05, 4.69) is 5.32 Å². The zero-order chi connectivity index (χ0) is 8.32. The van der Waals surface area contributed by atoms with Gasteiger partial charge in [-0.1, -0.05) is 0 Å². The maximum absolute atomic E-state index is 10.8. The number of aliphatic carboxylic acids is 1. The molecule has 1 heterocycles. The van der Waals surface area contributed by atoms with E-state index in [1.54, 1.807) is 0 Å². The van der Waals surface area contributed by atoms with Crippen molar-refractivity contribution in [3.63, 3.8) is 0 Å². The fourth-order valence-corrected chi connectivity index (χ4v) is 1.43. The van der Waals surface area contributed by atoms with Crippen LogP contribution in [0.4, 0.5) is 0 Å².